The monoisotopic (exact) mass is 375 g/mol. The van der Waals surface area contributed by atoms with E-state index in [0.717, 1.165) is 36.2 Å². The van der Waals surface area contributed by atoms with Crippen LogP contribution in [0.15, 0.2) is 78.1 Å². The third kappa shape index (κ3) is 5.58. The number of phenols is 1. The Bertz CT molecular complexity index is 950. The van der Waals surface area contributed by atoms with E-state index in [-0.39, 0.29) is 11.3 Å². The van der Waals surface area contributed by atoms with Gasteiger partial charge in [-0.2, -0.15) is 4.98 Å². The van der Waals surface area contributed by atoms with Gasteiger partial charge in [0.1, 0.15) is 5.75 Å². The highest BCUT2D eigenvalue weighted by Gasteiger charge is 2.10. The van der Waals surface area contributed by atoms with Crippen LogP contribution >= 0.6 is 0 Å². The maximum absolute atomic E-state index is 12.1. The number of aromatic hydroxyl groups is 1. The number of rotatable bonds is 9. The fourth-order valence-electron chi connectivity index (χ4n) is 3.13. The quantitative estimate of drug-likeness (QED) is 0.560. The summed E-state index contributed by atoms with van der Waals surface area (Å²) < 4.78 is 0. The molecule has 0 unspecified atom stereocenters. The van der Waals surface area contributed by atoms with E-state index in [2.05, 4.69) is 16.5 Å². The first kappa shape index (κ1) is 19.4. The Balaban J connectivity index is 1.70. The van der Waals surface area contributed by atoms with Gasteiger partial charge in [0.25, 0.3) is 5.56 Å². The van der Waals surface area contributed by atoms with Gasteiger partial charge in [-0.25, -0.2) is 0 Å². The third-order valence-corrected chi connectivity index (χ3v) is 4.50. The maximum Gasteiger partial charge on any atom is 0.274 e. The van der Waals surface area contributed by atoms with Crippen molar-refractivity contribution in [3.8, 4) is 5.75 Å². The second-order valence-corrected chi connectivity index (χ2v) is 6.74. The number of phenolic OH excluding ortho intramolecular Hbond substituents is 1. The molecule has 1 heterocycles. The van der Waals surface area contributed by atoms with Gasteiger partial charge in [0, 0.05) is 31.3 Å². The topological polar surface area (TPSA) is 69.2 Å². The summed E-state index contributed by atoms with van der Waals surface area (Å²) in [5.74, 6) is 0.845. The van der Waals surface area contributed by atoms with E-state index in [4.69, 9.17) is 0 Å². The predicted octanol–water partition coefficient (Wildman–Crippen LogP) is 3.69. The fourth-order valence-corrected chi connectivity index (χ4v) is 3.13. The molecule has 28 heavy (non-hydrogen) atoms. The van der Waals surface area contributed by atoms with Crippen molar-refractivity contribution in [2.75, 3.05) is 18.0 Å². The highest BCUT2D eigenvalue weighted by molar-refractivity contribution is 5.33. The van der Waals surface area contributed by atoms with Crippen molar-refractivity contribution < 1.29 is 5.11 Å². The Kier molecular flexibility index (Phi) is 6.63. The number of nitrogens with one attached hydrogen (secondary N) is 1. The van der Waals surface area contributed by atoms with Gasteiger partial charge < -0.3 is 15.0 Å². The van der Waals surface area contributed by atoms with E-state index in [1.807, 2.05) is 53.4 Å². The molecule has 0 bridgehead atoms. The average molecular weight is 375 g/mol. The van der Waals surface area contributed by atoms with Gasteiger partial charge in [0.05, 0.1) is 0 Å². The minimum Gasteiger partial charge on any atom is -0.508 e. The zero-order chi connectivity index (χ0) is 19.8. The van der Waals surface area contributed by atoms with Crippen molar-refractivity contribution in [3.05, 3.63) is 100 Å². The van der Waals surface area contributed by atoms with Crippen LogP contribution in [0.3, 0.4) is 0 Å². The van der Waals surface area contributed by atoms with Gasteiger partial charge in [-0.05, 0) is 36.1 Å². The number of hydrogen-bond acceptors (Lipinski definition) is 4. The zero-order valence-corrected chi connectivity index (χ0v) is 15.8. The van der Waals surface area contributed by atoms with Crippen LogP contribution in [0.5, 0.6) is 5.75 Å². The van der Waals surface area contributed by atoms with Gasteiger partial charge in [-0.1, -0.05) is 48.5 Å². The van der Waals surface area contributed by atoms with Gasteiger partial charge in [0.2, 0.25) is 5.95 Å². The Hall–Kier alpha value is -3.34. The summed E-state index contributed by atoms with van der Waals surface area (Å²) in [7, 11) is 0. The molecule has 3 aromatic rings. The molecule has 0 saturated heterocycles. The smallest absolute Gasteiger partial charge is 0.274 e. The van der Waals surface area contributed by atoms with Crippen molar-refractivity contribution >= 4 is 5.95 Å². The molecule has 2 aromatic carbocycles. The molecule has 0 aliphatic carbocycles. The molecule has 0 amide bonds. The molecule has 5 nitrogen and oxygen atoms in total. The van der Waals surface area contributed by atoms with Crippen molar-refractivity contribution in [2.24, 2.45) is 0 Å². The number of H-pyrrole nitrogens is 1. The van der Waals surface area contributed by atoms with Crippen molar-refractivity contribution in [1.29, 1.82) is 0 Å². The van der Waals surface area contributed by atoms with E-state index in [9.17, 15) is 9.90 Å². The molecule has 5 heteroatoms. The maximum atomic E-state index is 12.1. The normalized spacial score (nSPS) is 10.6. The van der Waals surface area contributed by atoms with Gasteiger partial charge >= 0.3 is 0 Å². The Labute approximate surface area is 165 Å². The Morgan fingerprint density at radius 2 is 1.82 bits per heavy atom. The average Bonchev–Trinajstić information content (AvgIpc) is 2.69. The van der Waals surface area contributed by atoms with Crippen LogP contribution in [-0.4, -0.2) is 28.2 Å². The highest BCUT2D eigenvalue weighted by atomic mass is 16.3. The first-order valence-electron chi connectivity index (χ1n) is 9.42. The Morgan fingerprint density at radius 1 is 1.07 bits per heavy atom. The SMILES string of the molecule is C=CCN(CCCc1ccc(O)cc1)c1nc(=O)cc(Cc2ccccc2)[nH]1. The molecule has 0 radical (unpaired) electrons. The molecule has 3 rings (SSSR count). The number of hydrogen-bond donors (Lipinski definition) is 2. The zero-order valence-electron chi connectivity index (χ0n) is 15.8. The van der Waals surface area contributed by atoms with E-state index in [0.29, 0.717) is 18.9 Å². The predicted molar refractivity (Wildman–Crippen MR) is 113 cm³/mol. The lowest BCUT2D eigenvalue weighted by Crippen LogP contribution is -2.29. The van der Waals surface area contributed by atoms with Crippen LogP contribution in [0.25, 0.3) is 0 Å². The lowest BCUT2D eigenvalue weighted by molar-refractivity contribution is 0.475. The molecule has 0 aliphatic heterocycles. The lowest BCUT2D eigenvalue weighted by Gasteiger charge is -2.22. The molecule has 0 aliphatic rings. The number of aromatic amines is 1. The first-order chi connectivity index (χ1) is 13.6. The van der Waals surface area contributed by atoms with Crippen LogP contribution < -0.4 is 10.5 Å². The van der Waals surface area contributed by atoms with E-state index < -0.39 is 0 Å². The summed E-state index contributed by atoms with van der Waals surface area (Å²) in [6.45, 7) is 5.17. The minimum atomic E-state index is -0.243. The standard InChI is InChI=1S/C23H25N3O2/c1-2-14-26(15-6-9-18-10-12-21(27)13-11-18)23-24-20(17-22(28)25-23)16-19-7-4-3-5-8-19/h2-5,7-8,10-13,17,27H,1,6,9,14-16H2,(H,24,25,28). The summed E-state index contributed by atoms with van der Waals surface area (Å²) in [5.41, 5.74) is 2.90. The molecule has 1 aromatic heterocycles. The molecular weight excluding hydrogens is 350 g/mol. The summed E-state index contributed by atoms with van der Waals surface area (Å²) in [6.07, 6.45) is 4.23. The number of anilines is 1. The van der Waals surface area contributed by atoms with Crippen molar-refractivity contribution in [3.63, 3.8) is 0 Å². The second kappa shape index (κ2) is 9.55. The van der Waals surface area contributed by atoms with Crippen molar-refractivity contribution in [2.45, 2.75) is 19.3 Å². The van der Waals surface area contributed by atoms with Crippen LogP contribution in [0, 0.1) is 0 Å². The van der Waals surface area contributed by atoms with E-state index in [1.54, 1.807) is 18.2 Å². The number of aromatic nitrogens is 2. The lowest BCUT2D eigenvalue weighted by atomic mass is 10.1. The largest absolute Gasteiger partial charge is 0.508 e. The summed E-state index contributed by atoms with van der Waals surface area (Å²) >= 11 is 0. The molecular formula is C23H25N3O2. The molecule has 0 atom stereocenters. The molecule has 0 saturated carbocycles. The Morgan fingerprint density at radius 3 is 2.54 bits per heavy atom. The fraction of sp³-hybridized carbons (Fsp3) is 0.217. The number of nitrogens with zero attached hydrogens (tertiary/aromatic N) is 2. The number of benzene rings is 2. The summed E-state index contributed by atoms with van der Waals surface area (Å²) in [5, 5.41) is 9.39. The van der Waals surface area contributed by atoms with Crippen molar-refractivity contribution in [1.82, 2.24) is 9.97 Å². The number of aryl methyl sites for hydroxylation is 1. The highest BCUT2D eigenvalue weighted by Crippen LogP contribution is 2.14. The van der Waals surface area contributed by atoms with Gasteiger partial charge in [-0.3, -0.25) is 4.79 Å². The minimum absolute atomic E-state index is 0.243. The first-order valence-corrected chi connectivity index (χ1v) is 9.42. The van der Waals surface area contributed by atoms with Gasteiger partial charge in [0.15, 0.2) is 0 Å². The van der Waals surface area contributed by atoms with Crippen LogP contribution in [0.1, 0.15) is 23.2 Å². The second-order valence-electron chi connectivity index (χ2n) is 6.74. The summed E-state index contributed by atoms with van der Waals surface area (Å²) in [4.78, 5) is 21.6. The van der Waals surface area contributed by atoms with Crippen LogP contribution in [-0.2, 0) is 12.8 Å². The van der Waals surface area contributed by atoms with Gasteiger partial charge in [-0.15, -0.1) is 6.58 Å². The third-order valence-electron chi connectivity index (χ3n) is 4.50. The molecule has 144 valence electrons. The van der Waals surface area contributed by atoms with Crippen LogP contribution in [0.2, 0.25) is 0 Å². The molecule has 0 spiro atoms. The molecule has 0 fully saturated rings. The summed E-state index contributed by atoms with van der Waals surface area (Å²) in [6, 6.07) is 18.8. The molecule has 2 N–H and O–H groups in total. The van der Waals surface area contributed by atoms with E-state index >= 15 is 0 Å². The van der Waals surface area contributed by atoms with Crippen LogP contribution in [0.4, 0.5) is 5.95 Å². The van der Waals surface area contributed by atoms with E-state index in [1.165, 1.54) is 0 Å².